The first-order chi connectivity index (χ1) is 12.6. The average molecular weight is 358 g/mol. The Morgan fingerprint density at radius 3 is 2.69 bits per heavy atom. The summed E-state index contributed by atoms with van der Waals surface area (Å²) in [6.07, 6.45) is 4.90. The summed E-state index contributed by atoms with van der Waals surface area (Å²) < 4.78 is 16.0. The summed E-state index contributed by atoms with van der Waals surface area (Å²) in [4.78, 5) is 12.3. The third kappa shape index (κ3) is 4.18. The molecular weight excluding hydrogens is 332 g/mol. The zero-order valence-electron chi connectivity index (χ0n) is 15.6. The Bertz CT molecular complexity index is 756. The van der Waals surface area contributed by atoms with Crippen molar-refractivity contribution < 1.29 is 18.8 Å². The Kier molecular flexibility index (Phi) is 5.81. The molecule has 0 spiro atoms. The van der Waals surface area contributed by atoms with E-state index in [-0.39, 0.29) is 18.4 Å². The Hall–Kier alpha value is -2.50. The normalized spacial score (nSPS) is 19.8. The maximum absolute atomic E-state index is 12.3. The van der Waals surface area contributed by atoms with Crippen LogP contribution in [-0.2, 0) is 11.2 Å². The van der Waals surface area contributed by atoms with E-state index in [2.05, 4.69) is 17.4 Å². The first kappa shape index (κ1) is 18.3. The molecule has 1 aromatic heterocycles. The summed E-state index contributed by atoms with van der Waals surface area (Å²) in [6.45, 7) is 2.20. The summed E-state index contributed by atoms with van der Waals surface area (Å²) in [5.41, 5.74) is 1.44. The number of methoxy groups -OCH3 is 2. The maximum atomic E-state index is 12.3. The standard InChI is InChI=1S/C20H26N2O4/c1-13-6-4-5-7-16(13)21-20(23)12-15-11-18(26-22-15)14-8-9-17(24-2)19(10-14)25-3/h8-11,13,16H,4-7,12H2,1-3H3,(H,21,23)/t13-,16+/m1/s1. The smallest absolute Gasteiger partial charge is 0.226 e. The lowest BCUT2D eigenvalue weighted by molar-refractivity contribution is -0.121. The molecule has 1 amide bonds. The SMILES string of the molecule is COc1ccc(-c2cc(CC(=O)N[C@H]3CCCC[C@H]3C)no2)cc1OC. The molecule has 1 aromatic carbocycles. The molecule has 6 heteroatoms. The molecule has 3 rings (SSSR count). The van der Waals surface area contributed by atoms with Gasteiger partial charge in [-0.25, -0.2) is 0 Å². The Morgan fingerprint density at radius 1 is 1.19 bits per heavy atom. The van der Waals surface area contributed by atoms with Crippen LogP contribution in [0.15, 0.2) is 28.8 Å². The van der Waals surface area contributed by atoms with Gasteiger partial charge in [0.25, 0.3) is 0 Å². The van der Waals surface area contributed by atoms with Crippen LogP contribution >= 0.6 is 0 Å². The van der Waals surface area contributed by atoms with Gasteiger partial charge in [0.05, 0.1) is 26.3 Å². The van der Waals surface area contributed by atoms with E-state index in [1.165, 1.54) is 19.3 Å². The number of rotatable bonds is 6. The van der Waals surface area contributed by atoms with E-state index in [1.54, 1.807) is 20.3 Å². The molecular formula is C20H26N2O4. The van der Waals surface area contributed by atoms with Crippen LogP contribution in [0.1, 0.15) is 38.3 Å². The molecule has 1 aliphatic rings. The maximum Gasteiger partial charge on any atom is 0.226 e. The Morgan fingerprint density at radius 2 is 1.96 bits per heavy atom. The fourth-order valence-electron chi connectivity index (χ4n) is 3.47. The lowest BCUT2D eigenvalue weighted by Gasteiger charge is -2.29. The van der Waals surface area contributed by atoms with Crippen molar-refractivity contribution in [3.05, 3.63) is 30.0 Å². The van der Waals surface area contributed by atoms with Crippen LogP contribution in [0, 0.1) is 5.92 Å². The molecule has 2 aromatic rings. The van der Waals surface area contributed by atoms with E-state index < -0.39 is 0 Å². The highest BCUT2D eigenvalue weighted by molar-refractivity contribution is 5.78. The second-order valence-corrected chi connectivity index (χ2v) is 6.86. The van der Waals surface area contributed by atoms with Gasteiger partial charge >= 0.3 is 0 Å². The highest BCUT2D eigenvalue weighted by atomic mass is 16.5. The predicted octanol–water partition coefficient (Wildman–Crippen LogP) is 3.60. The summed E-state index contributed by atoms with van der Waals surface area (Å²) in [6, 6.07) is 7.58. The molecule has 1 aliphatic carbocycles. The van der Waals surface area contributed by atoms with Crippen molar-refractivity contribution in [3.63, 3.8) is 0 Å². The molecule has 0 aliphatic heterocycles. The summed E-state index contributed by atoms with van der Waals surface area (Å²) in [7, 11) is 3.18. The highest BCUT2D eigenvalue weighted by Crippen LogP contribution is 2.32. The average Bonchev–Trinajstić information content (AvgIpc) is 3.11. The Balaban J connectivity index is 1.65. The number of ether oxygens (including phenoxy) is 2. The molecule has 0 bridgehead atoms. The molecule has 6 nitrogen and oxygen atoms in total. The highest BCUT2D eigenvalue weighted by Gasteiger charge is 2.23. The number of carbonyl (C=O) groups is 1. The lowest BCUT2D eigenvalue weighted by Crippen LogP contribution is -2.41. The van der Waals surface area contributed by atoms with Crippen molar-refractivity contribution in [1.82, 2.24) is 10.5 Å². The largest absolute Gasteiger partial charge is 0.493 e. The van der Waals surface area contributed by atoms with Gasteiger partial charge < -0.3 is 19.3 Å². The number of nitrogens with zero attached hydrogens (tertiary/aromatic N) is 1. The van der Waals surface area contributed by atoms with Crippen molar-refractivity contribution in [1.29, 1.82) is 0 Å². The minimum atomic E-state index is -0.00379. The molecule has 1 saturated carbocycles. The number of aromatic nitrogens is 1. The Labute approximate surface area is 153 Å². The van der Waals surface area contributed by atoms with Gasteiger partial charge in [-0.1, -0.05) is 24.9 Å². The molecule has 2 atom stereocenters. The van der Waals surface area contributed by atoms with Crippen molar-refractivity contribution in [3.8, 4) is 22.8 Å². The molecule has 0 unspecified atom stereocenters. The van der Waals surface area contributed by atoms with Crippen LogP contribution in [0.4, 0.5) is 0 Å². The van der Waals surface area contributed by atoms with Gasteiger partial charge in [0, 0.05) is 17.7 Å². The van der Waals surface area contributed by atoms with Crippen LogP contribution in [0.2, 0.25) is 0 Å². The van der Waals surface area contributed by atoms with Crippen LogP contribution in [0.5, 0.6) is 11.5 Å². The van der Waals surface area contributed by atoms with Crippen molar-refractivity contribution in [2.75, 3.05) is 14.2 Å². The third-order valence-electron chi connectivity index (χ3n) is 5.03. The van der Waals surface area contributed by atoms with Crippen LogP contribution in [0.25, 0.3) is 11.3 Å². The molecule has 0 radical (unpaired) electrons. The van der Waals surface area contributed by atoms with Crippen LogP contribution in [-0.4, -0.2) is 31.3 Å². The molecule has 1 fully saturated rings. The van der Waals surface area contributed by atoms with E-state index >= 15 is 0 Å². The number of hydrogen-bond acceptors (Lipinski definition) is 5. The van der Waals surface area contributed by atoms with Gasteiger partial charge in [-0.3, -0.25) is 4.79 Å². The third-order valence-corrected chi connectivity index (χ3v) is 5.03. The summed E-state index contributed by atoms with van der Waals surface area (Å²) >= 11 is 0. The second kappa shape index (κ2) is 8.25. The molecule has 140 valence electrons. The fourth-order valence-corrected chi connectivity index (χ4v) is 3.47. The molecule has 1 heterocycles. The van der Waals surface area contributed by atoms with E-state index in [0.29, 0.717) is 28.9 Å². The van der Waals surface area contributed by atoms with Gasteiger partial charge in [0.2, 0.25) is 5.91 Å². The molecule has 0 saturated heterocycles. The zero-order chi connectivity index (χ0) is 18.5. The van der Waals surface area contributed by atoms with E-state index in [1.807, 2.05) is 18.2 Å². The number of amides is 1. The zero-order valence-corrected chi connectivity index (χ0v) is 15.6. The van der Waals surface area contributed by atoms with E-state index in [4.69, 9.17) is 14.0 Å². The van der Waals surface area contributed by atoms with Crippen LogP contribution in [0.3, 0.4) is 0 Å². The first-order valence-corrected chi connectivity index (χ1v) is 9.08. The minimum absolute atomic E-state index is 0.00379. The second-order valence-electron chi connectivity index (χ2n) is 6.86. The number of carbonyl (C=O) groups excluding carboxylic acids is 1. The van der Waals surface area contributed by atoms with Gasteiger partial charge in [-0.2, -0.15) is 0 Å². The van der Waals surface area contributed by atoms with Crippen molar-refractivity contribution >= 4 is 5.91 Å². The lowest BCUT2D eigenvalue weighted by atomic mass is 9.86. The first-order valence-electron chi connectivity index (χ1n) is 9.08. The monoisotopic (exact) mass is 358 g/mol. The van der Waals surface area contributed by atoms with Crippen molar-refractivity contribution in [2.45, 2.75) is 45.1 Å². The summed E-state index contributed by atoms with van der Waals surface area (Å²) in [5.74, 6) is 2.40. The van der Waals surface area contributed by atoms with Crippen molar-refractivity contribution in [2.24, 2.45) is 5.92 Å². The van der Waals surface area contributed by atoms with E-state index in [0.717, 1.165) is 12.0 Å². The van der Waals surface area contributed by atoms with Gasteiger partial charge in [-0.05, 0) is 37.0 Å². The van der Waals surface area contributed by atoms with Gasteiger partial charge in [0.15, 0.2) is 17.3 Å². The molecule has 26 heavy (non-hydrogen) atoms. The molecule has 1 N–H and O–H groups in total. The predicted molar refractivity (Wildman–Crippen MR) is 98.3 cm³/mol. The van der Waals surface area contributed by atoms with E-state index in [9.17, 15) is 4.79 Å². The van der Waals surface area contributed by atoms with Gasteiger partial charge in [0.1, 0.15) is 0 Å². The fraction of sp³-hybridized carbons (Fsp3) is 0.500. The van der Waals surface area contributed by atoms with Gasteiger partial charge in [-0.15, -0.1) is 0 Å². The number of benzene rings is 1. The topological polar surface area (TPSA) is 73.6 Å². The summed E-state index contributed by atoms with van der Waals surface area (Å²) in [5, 5.41) is 7.18. The number of nitrogens with one attached hydrogen (secondary N) is 1. The number of hydrogen-bond donors (Lipinski definition) is 1. The quantitative estimate of drug-likeness (QED) is 0.854. The van der Waals surface area contributed by atoms with Crippen LogP contribution < -0.4 is 14.8 Å². The minimum Gasteiger partial charge on any atom is -0.493 e.